The van der Waals surface area contributed by atoms with Gasteiger partial charge in [-0.15, -0.1) is 0 Å². The summed E-state index contributed by atoms with van der Waals surface area (Å²) in [7, 11) is 0. The van der Waals surface area contributed by atoms with Gasteiger partial charge in [0.2, 0.25) is 5.91 Å². The maximum Gasteiger partial charge on any atom is 0.220 e. The number of carbonyl (C=O) groups is 1. The van der Waals surface area contributed by atoms with Crippen LogP contribution in [0.15, 0.2) is 22.9 Å². The van der Waals surface area contributed by atoms with Gasteiger partial charge >= 0.3 is 0 Å². The summed E-state index contributed by atoms with van der Waals surface area (Å²) in [6.45, 7) is 8.74. The average Bonchev–Trinajstić information content (AvgIpc) is 2.97. The van der Waals surface area contributed by atoms with E-state index in [1.54, 1.807) is 0 Å². The minimum absolute atomic E-state index is 0.0269. The third-order valence-corrected chi connectivity index (χ3v) is 5.19. The van der Waals surface area contributed by atoms with Crippen molar-refractivity contribution >= 4 is 11.7 Å². The molecule has 0 aliphatic carbocycles. The molecule has 0 atom stereocenters. The standard InChI is InChI=1S/C20H28N4O2/c1-14-8-10-24(11-9-14)19-6-4-17(12-21-19)13-22-20(25)7-5-18-15(2)23-26-16(18)3/h4,6,12,14H,5,7-11,13H2,1-3H3,(H,22,25). The van der Waals surface area contributed by atoms with Gasteiger partial charge in [-0.25, -0.2) is 4.98 Å². The van der Waals surface area contributed by atoms with Crippen LogP contribution in [0.2, 0.25) is 0 Å². The quantitative estimate of drug-likeness (QED) is 0.861. The molecule has 2 aromatic heterocycles. The molecule has 0 bridgehead atoms. The SMILES string of the molecule is Cc1noc(C)c1CCC(=O)NCc1ccc(N2CCC(C)CC2)nc1. The van der Waals surface area contributed by atoms with Crippen LogP contribution in [0, 0.1) is 19.8 Å². The molecule has 6 nitrogen and oxygen atoms in total. The normalized spacial score (nSPS) is 15.3. The minimum atomic E-state index is 0.0269. The maximum absolute atomic E-state index is 12.1. The van der Waals surface area contributed by atoms with Crippen LogP contribution in [0.25, 0.3) is 0 Å². The van der Waals surface area contributed by atoms with Gasteiger partial charge in [0.05, 0.1) is 5.69 Å². The van der Waals surface area contributed by atoms with Crippen molar-refractivity contribution in [2.24, 2.45) is 5.92 Å². The molecule has 2 aromatic rings. The summed E-state index contributed by atoms with van der Waals surface area (Å²) in [5, 5.41) is 6.88. The second-order valence-electron chi connectivity index (χ2n) is 7.27. The summed E-state index contributed by atoms with van der Waals surface area (Å²) >= 11 is 0. The molecule has 0 saturated carbocycles. The first-order valence-corrected chi connectivity index (χ1v) is 9.41. The summed E-state index contributed by atoms with van der Waals surface area (Å²) in [5.74, 6) is 2.66. The highest BCUT2D eigenvalue weighted by molar-refractivity contribution is 5.76. The third kappa shape index (κ3) is 4.62. The molecule has 1 amide bonds. The molecule has 3 heterocycles. The Balaban J connectivity index is 1.45. The molecule has 26 heavy (non-hydrogen) atoms. The number of amides is 1. The first kappa shape index (κ1) is 18.4. The lowest BCUT2D eigenvalue weighted by Crippen LogP contribution is -2.33. The lowest BCUT2D eigenvalue weighted by atomic mass is 9.99. The van der Waals surface area contributed by atoms with Crippen molar-refractivity contribution in [2.75, 3.05) is 18.0 Å². The molecular formula is C20H28N4O2. The van der Waals surface area contributed by atoms with Crippen LogP contribution >= 0.6 is 0 Å². The number of aryl methyl sites for hydroxylation is 2. The molecule has 1 aliphatic heterocycles. The topological polar surface area (TPSA) is 71.3 Å². The van der Waals surface area contributed by atoms with Crippen molar-refractivity contribution in [3.8, 4) is 0 Å². The minimum Gasteiger partial charge on any atom is -0.361 e. The largest absolute Gasteiger partial charge is 0.361 e. The Bertz CT molecular complexity index is 711. The summed E-state index contributed by atoms with van der Waals surface area (Å²) in [6, 6.07) is 4.11. The molecule has 0 aromatic carbocycles. The zero-order valence-electron chi connectivity index (χ0n) is 15.9. The summed E-state index contributed by atoms with van der Waals surface area (Å²) in [5.41, 5.74) is 2.91. The fourth-order valence-corrected chi connectivity index (χ4v) is 3.33. The fraction of sp³-hybridized carbons (Fsp3) is 0.550. The third-order valence-electron chi connectivity index (χ3n) is 5.19. The second kappa shape index (κ2) is 8.34. The molecule has 1 aliphatic rings. The zero-order valence-corrected chi connectivity index (χ0v) is 15.9. The Labute approximate surface area is 155 Å². The number of anilines is 1. The van der Waals surface area contributed by atoms with Crippen molar-refractivity contribution in [3.63, 3.8) is 0 Å². The number of nitrogens with zero attached hydrogens (tertiary/aromatic N) is 3. The van der Waals surface area contributed by atoms with Crippen LogP contribution in [0.5, 0.6) is 0 Å². The summed E-state index contributed by atoms with van der Waals surface area (Å²) in [6.07, 6.45) is 5.40. The van der Waals surface area contributed by atoms with Crippen LogP contribution in [0.3, 0.4) is 0 Å². The van der Waals surface area contributed by atoms with Gasteiger partial charge in [-0.1, -0.05) is 18.1 Å². The Kier molecular flexibility index (Phi) is 5.91. The molecule has 6 heteroatoms. The van der Waals surface area contributed by atoms with Gasteiger partial charge in [0, 0.05) is 37.8 Å². The second-order valence-corrected chi connectivity index (χ2v) is 7.27. The van der Waals surface area contributed by atoms with Crippen LogP contribution in [-0.2, 0) is 17.8 Å². The van der Waals surface area contributed by atoms with Gasteiger partial charge in [0.1, 0.15) is 11.6 Å². The zero-order chi connectivity index (χ0) is 18.5. The van der Waals surface area contributed by atoms with Crippen LogP contribution in [-0.4, -0.2) is 29.1 Å². The van der Waals surface area contributed by atoms with E-state index in [-0.39, 0.29) is 5.91 Å². The highest BCUT2D eigenvalue weighted by atomic mass is 16.5. The Hall–Kier alpha value is -2.37. The van der Waals surface area contributed by atoms with E-state index >= 15 is 0 Å². The molecule has 0 spiro atoms. The number of piperidine rings is 1. The molecule has 3 rings (SSSR count). The molecule has 140 valence electrons. The van der Waals surface area contributed by atoms with E-state index in [1.165, 1.54) is 12.8 Å². The first-order chi connectivity index (χ1) is 12.5. The monoisotopic (exact) mass is 356 g/mol. The molecule has 1 saturated heterocycles. The number of aromatic nitrogens is 2. The summed E-state index contributed by atoms with van der Waals surface area (Å²) in [4.78, 5) is 19.0. The predicted octanol–water partition coefficient (Wildman–Crippen LogP) is 3.17. The van der Waals surface area contributed by atoms with Crippen molar-refractivity contribution in [3.05, 3.63) is 40.9 Å². The van der Waals surface area contributed by atoms with E-state index in [0.717, 1.165) is 47.4 Å². The highest BCUT2D eigenvalue weighted by Crippen LogP contribution is 2.21. The Morgan fingerprint density at radius 1 is 1.31 bits per heavy atom. The highest BCUT2D eigenvalue weighted by Gasteiger charge is 2.16. The lowest BCUT2D eigenvalue weighted by Gasteiger charge is -2.31. The Morgan fingerprint density at radius 3 is 2.69 bits per heavy atom. The number of nitrogens with one attached hydrogen (secondary N) is 1. The number of carbonyl (C=O) groups excluding carboxylic acids is 1. The van der Waals surface area contributed by atoms with E-state index < -0.39 is 0 Å². The smallest absolute Gasteiger partial charge is 0.220 e. The van der Waals surface area contributed by atoms with E-state index in [2.05, 4.69) is 39.4 Å². The molecular weight excluding hydrogens is 328 g/mol. The van der Waals surface area contributed by atoms with Gasteiger partial charge in [-0.3, -0.25) is 4.79 Å². The average molecular weight is 356 g/mol. The van der Waals surface area contributed by atoms with Crippen molar-refractivity contribution in [1.82, 2.24) is 15.5 Å². The van der Waals surface area contributed by atoms with Gasteiger partial charge < -0.3 is 14.7 Å². The summed E-state index contributed by atoms with van der Waals surface area (Å²) < 4.78 is 5.13. The predicted molar refractivity (Wildman–Crippen MR) is 101 cm³/mol. The van der Waals surface area contributed by atoms with Gasteiger partial charge in [-0.2, -0.15) is 0 Å². The van der Waals surface area contributed by atoms with Crippen molar-refractivity contribution in [1.29, 1.82) is 0 Å². The molecule has 1 N–H and O–H groups in total. The van der Waals surface area contributed by atoms with E-state index in [1.807, 2.05) is 20.0 Å². The van der Waals surface area contributed by atoms with E-state index in [0.29, 0.717) is 19.4 Å². The first-order valence-electron chi connectivity index (χ1n) is 9.41. The lowest BCUT2D eigenvalue weighted by molar-refractivity contribution is -0.121. The number of hydrogen-bond donors (Lipinski definition) is 1. The number of hydrogen-bond acceptors (Lipinski definition) is 5. The van der Waals surface area contributed by atoms with Gasteiger partial charge in [0.25, 0.3) is 0 Å². The Morgan fingerprint density at radius 2 is 2.08 bits per heavy atom. The fourth-order valence-electron chi connectivity index (χ4n) is 3.33. The molecule has 0 unspecified atom stereocenters. The molecule has 1 fully saturated rings. The number of pyridine rings is 1. The van der Waals surface area contributed by atoms with E-state index in [4.69, 9.17) is 4.52 Å². The van der Waals surface area contributed by atoms with Crippen LogP contribution < -0.4 is 10.2 Å². The van der Waals surface area contributed by atoms with Gasteiger partial charge in [0.15, 0.2) is 0 Å². The van der Waals surface area contributed by atoms with Crippen molar-refractivity contribution < 1.29 is 9.32 Å². The maximum atomic E-state index is 12.1. The van der Waals surface area contributed by atoms with Gasteiger partial charge in [-0.05, 0) is 50.7 Å². The number of rotatable bonds is 6. The van der Waals surface area contributed by atoms with Crippen LogP contribution in [0.4, 0.5) is 5.82 Å². The van der Waals surface area contributed by atoms with E-state index in [9.17, 15) is 4.79 Å². The van der Waals surface area contributed by atoms with Crippen molar-refractivity contribution in [2.45, 2.75) is 53.0 Å². The van der Waals surface area contributed by atoms with Crippen LogP contribution in [0.1, 0.15) is 48.8 Å². The molecule has 0 radical (unpaired) electrons.